The molecule has 0 aromatic rings. The topological polar surface area (TPSA) is 63.6 Å². The van der Waals surface area contributed by atoms with Crippen LogP contribution in [0.15, 0.2) is 12.7 Å². The Bertz CT molecular complexity index is 352. The van der Waals surface area contributed by atoms with Gasteiger partial charge in [0.05, 0.1) is 21.1 Å². The van der Waals surface area contributed by atoms with Crippen LogP contribution >= 0.6 is 8.15 Å². The summed E-state index contributed by atoms with van der Waals surface area (Å²) in [5, 5.41) is 0. The molecule has 122 valence electrons. The van der Waals surface area contributed by atoms with Crippen LogP contribution in [0.5, 0.6) is 0 Å². The van der Waals surface area contributed by atoms with Gasteiger partial charge in [0, 0.05) is 12.2 Å². The van der Waals surface area contributed by atoms with Gasteiger partial charge in [-0.15, -0.1) is 0 Å². The highest BCUT2D eigenvalue weighted by Gasteiger charge is 2.26. The minimum absolute atomic E-state index is 0.160. The lowest BCUT2D eigenvalue weighted by Gasteiger charge is -2.25. The highest BCUT2D eigenvalue weighted by Crippen LogP contribution is 2.34. The molecule has 0 radical (unpaired) electrons. The van der Waals surface area contributed by atoms with Crippen molar-refractivity contribution in [1.29, 1.82) is 0 Å². The zero-order chi connectivity index (χ0) is 16.5. The van der Waals surface area contributed by atoms with Crippen LogP contribution in [0.2, 0.25) is 0 Å². The molecule has 0 spiro atoms. The van der Waals surface area contributed by atoms with E-state index in [4.69, 9.17) is 4.74 Å². The summed E-state index contributed by atoms with van der Waals surface area (Å²) in [5.74, 6) is -0.501. The van der Waals surface area contributed by atoms with Crippen molar-refractivity contribution >= 4 is 19.6 Å². The number of likely N-dealkylation sites (N-methyl/N-ethyl adjacent to an activating group) is 1. The maximum atomic E-state index is 12.0. The normalized spacial score (nSPS) is 14.3. The van der Waals surface area contributed by atoms with E-state index in [2.05, 4.69) is 13.5 Å². The molecule has 21 heavy (non-hydrogen) atoms. The van der Waals surface area contributed by atoms with E-state index in [1.54, 1.807) is 0 Å². The summed E-state index contributed by atoms with van der Waals surface area (Å²) in [6.45, 7) is 5.74. The molecule has 0 rings (SSSR count). The lowest BCUT2D eigenvalue weighted by atomic mass is 10.1. The summed E-state index contributed by atoms with van der Waals surface area (Å²) >= 11 is 0. The summed E-state index contributed by atoms with van der Waals surface area (Å²) in [6, 6.07) is 0. The van der Waals surface area contributed by atoms with Crippen molar-refractivity contribution in [3.05, 3.63) is 12.7 Å². The number of esters is 1. The van der Waals surface area contributed by atoms with Crippen molar-refractivity contribution in [3.8, 4) is 0 Å². The highest BCUT2D eigenvalue weighted by molar-refractivity contribution is 7.69. The Morgan fingerprint density at radius 3 is 2.43 bits per heavy atom. The molecule has 0 aromatic carbocycles. The average molecular weight is 318 g/mol. The molecule has 0 aliphatic heterocycles. The largest absolute Gasteiger partial charge is 0.459 e. The first-order chi connectivity index (χ1) is 9.69. The molecule has 0 aromatic heterocycles. The van der Waals surface area contributed by atoms with Crippen molar-refractivity contribution in [2.24, 2.45) is 0 Å². The Hall–Kier alpha value is -0.770. The van der Waals surface area contributed by atoms with E-state index in [1.165, 1.54) is 0 Å². The van der Waals surface area contributed by atoms with Gasteiger partial charge in [0.1, 0.15) is 20.8 Å². The lowest BCUT2D eigenvalue weighted by Crippen LogP contribution is -2.39. The van der Waals surface area contributed by atoms with Crippen LogP contribution in [0.25, 0.3) is 0 Å². The van der Waals surface area contributed by atoms with Crippen LogP contribution in [-0.2, 0) is 14.3 Å². The van der Waals surface area contributed by atoms with Gasteiger partial charge in [-0.25, -0.2) is 4.79 Å². The first-order valence-corrected chi connectivity index (χ1v) is 8.80. The predicted octanol–water partition coefficient (Wildman–Crippen LogP) is 2.29. The average Bonchev–Trinajstić information content (AvgIpc) is 2.36. The number of hydrogen-bond donors (Lipinski definition) is 1. The quantitative estimate of drug-likeness (QED) is 0.209. The Kier molecular flexibility index (Phi) is 9.67. The van der Waals surface area contributed by atoms with Crippen molar-refractivity contribution in [3.63, 3.8) is 0 Å². The minimum atomic E-state index is -1.77. The van der Waals surface area contributed by atoms with Crippen LogP contribution in [0.1, 0.15) is 32.6 Å². The van der Waals surface area contributed by atoms with E-state index >= 15 is 0 Å². The van der Waals surface area contributed by atoms with Gasteiger partial charge in [-0.1, -0.05) is 26.3 Å². The van der Waals surface area contributed by atoms with Gasteiger partial charge in [-0.2, -0.15) is 0 Å². The Balaban J connectivity index is 4.51. The molecule has 0 bridgehead atoms. The molecule has 5 nitrogen and oxygen atoms in total. The van der Waals surface area contributed by atoms with E-state index in [0.29, 0.717) is 10.9 Å². The molecule has 0 amide bonds. The Morgan fingerprint density at radius 2 is 1.95 bits per heavy atom. The van der Waals surface area contributed by atoms with Crippen molar-refractivity contribution in [2.75, 3.05) is 33.8 Å². The number of ether oxygens (including phenoxy) is 1. The predicted molar refractivity (Wildman–Crippen MR) is 86.1 cm³/mol. The summed E-state index contributed by atoms with van der Waals surface area (Å²) in [4.78, 5) is 33.4. The Labute approximate surface area is 129 Å². The summed E-state index contributed by atoms with van der Waals surface area (Å²) in [5.41, 5.74) is -0.160. The van der Waals surface area contributed by atoms with Crippen LogP contribution in [0, 0.1) is 0 Å². The van der Waals surface area contributed by atoms with Crippen LogP contribution in [0.4, 0.5) is 0 Å². The third kappa shape index (κ3) is 10.6. The first kappa shape index (κ1) is 20.2. The SMILES string of the molecule is C=CC(=O)OC(CCCCC)CP(O)C(=O)C[N+](C)(C)C. The number of rotatable bonds is 11. The van der Waals surface area contributed by atoms with Gasteiger partial charge in [0.2, 0.25) is 5.52 Å². The maximum Gasteiger partial charge on any atom is 0.330 e. The number of hydrogen-bond acceptors (Lipinski definition) is 4. The lowest BCUT2D eigenvalue weighted by molar-refractivity contribution is -0.861. The summed E-state index contributed by atoms with van der Waals surface area (Å²) in [6.07, 6.45) is 4.62. The zero-order valence-corrected chi connectivity index (χ0v) is 14.6. The number of carbonyl (C=O) groups is 2. The maximum absolute atomic E-state index is 12.0. The third-order valence-corrected chi connectivity index (χ3v) is 4.32. The highest BCUT2D eigenvalue weighted by atomic mass is 31.1. The fourth-order valence-corrected chi connectivity index (χ4v) is 3.24. The molecular weight excluding hydrogens is 289 g/mol. The standard InChI is InChI=1S/C15H29NO4P/c1-6-8-9-10-13(20-14(17)7-2)12-21(19)15(18)11-16(3,4)5/h7,13,19H,2,6,8-12H2,1,3-5H3/q+1. The second-order valence-corrected chi connectivity index (χ2v) is 7.85. The molecule has 6 heteroatoms. The molecule has 0 aliphatic carbocycles. The number of quaternary nitrogens is 1. The molecular formula is C15H29NO4P+. The third-order valence-electron chi connectivity index (χ3n) is 2.85. The number of carbonyl (C=O) groups excluding carboxylic acids is 2. The number of nitrogens with zero attached hydrogens (tertiary/aromatic N) is 1. The van der Waals surface area contributed by atoms with Gasteiger partial charge in [-0.05, 0) is 12.8 Å². The molecule has 2 atom stereocenters. The molecule has 0 aliphatic rings. The Morgan fingerprint density at radius 1 is 1.33 bits per heavy atom. The molecule has 1 N–H and O–H groups in total. The summed E-state index contributed by atoms with van der Waals surface area (Å²) < 4.78 is 5.72. The van der Waals surface area contributed by atoms with E-state index in [0.717, 1.165) is 25.3 Å². The molecule has 2 unspecified atom stereocenters. The minimum Gasteiger partial charge on any atom is -0.459 e. The van der Waals surface area contributed by atoms with Gasteiger partial charge in [0.25, 0.3) is 0 Å². The monoisotopic (exact) mass is 318 g/mol. The van der Waals surface area contributed by atoms with Crippen molar-refractivity contribution in [2.45, 2.75) is 38.7 Å². The van der Waals surface area contributed by atoms with Crippen LogP contribution in [0.3, 0.4) is 0 Å². The number of unbranched alkanes of at least 4 members (excludes halogenated alkanes) is 2. The first-order valence-electron chi connectivity index (χ1n) is 7.32. The van der Waals surface area contributed by atoms with Gasteiger partial charge in [0.15, 0.2) is 0 Å². The van der Waals surface area contributed by atoms with Crippen LogP contribution in [-0.4, -0.2) is 60.8 Å². The van der Waals surface area contributed by atoms with Gasteiger partial charge >= 0.3 is 5.97 Å². The van der Waals surface area contributed by atoms with Gasteiger partial charge < -0.3 is 14.1 Å². The second-order valence-electron chi connectivity index (χ2n) is 6.18. The fraction of sp³-hybridized carbons (Fsp3) is 0.733. The second kappa shape index (κ2) is 10.0. The van der Waals surface area contributed by atoms with Crippen molar-refractivity contribution < 1.29 is 23.7 Å². The van der Waals surface area contributed by atoms with Gasteiger partial charge in [-0.3, -0.25) is 4.79 Å². The molecule has 0 fully saturated rings. The molecule has 0 saturated heterocycles. The smallest absolute Gasteiger partial charge is 0.330 e. The van der Waals surface area contributed by atoms with E-state index in [1.807, 2.05) is 21.1 Å². The van der Waals surface area contributed by atoms with E-state index < -0.39 is 20.2 Å². The molecule has 0 heterocycles. The van der Waals surface area contributed by atoms with E-state index in [9.17, 15) is 14.5 Å². The van der Waals surface area contributed by atoms with Crippen molar-refractivity contribution in [1.82, 2.24) is 0 Å². The van der Waals surface area contributed by atoms with E-state index in [-0.39, 0.29) is 18.2 Å². The van der Waals surface area contributed by atoms with Crippen LogP contribution < -0.4 is 0 Å². The zero-order valence-electron chi connectivity index (χ0n) is 13.7. The fourth-order valence-electron chi connectivity index (χ4n) is 1.80. The summed E-state index contributed by atoms with van der Waals surface area (Å²) in [7, 11) is 3.93. The molecule has 0 saturated carbocycles.